The van der Waals surface area contributed by atoms with Gasteiger partial charge < -0.3 is 10.6 Å². The Morgan fingerprint density at radius 1 is 1.60 bits per heavy atom. The first kappa shape index (κ1) is 10.4. The van der Waals surface area contributed by atoms with Crippen molar-refractivity contribution in [3.05, 3.63) is 28.5 Å². The van der Waals surface area contributed by atoms with Crippen molar-refractivity contribution in [2.24, 2.45) is 0 Å². The highest BCUT2D eigenvalue weighted by Gasteiger charge is 2.32. The molecule has 1 aliphatic rings. The second kappa shape index (κ2) is 3.79. The van der Waals surface area contributed by atoms with Crippen molar-refractivity contribution >= 4 is 23.2 Å². The van der Waals surface area contributed by atoms with E-state index in [0.29, 0.717) is 12.1 Å². The van der Waals surface area contributed by atoms with Gasteiger partial charge >= 0.3 is 0 Å². The average molecular weight is 229 g/mol. The van der Waals surface area contributed by atoms with Crippen molar-refractivity contribution in [3.63, 3.8) is 0 Å². The lowest BCUT2D eigenvalue weighted by Gasteiger charge is -2.08. The Bertz CT molecular complexity index is 422. The quantitative estimate of drug-likeness (QED) is 0.814. The first-order valence-electron chi connectivity index (χ1n) is 4.67. The third kappa shape index (κ3) is 1.60. The Labute approximate surface area is 91.6 Å². The van der Waals surface area contributed by atoms with Crippen molar-refractivity contribution in [2.45, 2.75) is 13.0 Å². The lowest BCUT2D eigenvalue weighted by Crippen LogP contribution is -2.27. The van der Waals surface area contributed by atoms with Gasteiger partial charge in [-0.3, -0.25) is 4.79 Å². The summed E-state index contributed by atoms with van der Waals surface area (Å²) in [4.78, 5) is 11.5. The van der Waals surface area contributed by atoms with E-state index in [1.165, 1.54) is 6.07 Å². The summed E-state index contributed by atoms with van der Waals surface area (Å²) in [5.74, 6) is -0.809. The minimum atomic E-state index is -0.567. The Morgan fingerprint density at radius 2 is 2.33 bits per heavy atom. The van der Waals surface area contributed by atoms with Gasteiger partial charge in [-0.15, -0.1) is 0 Å². The van der Waals surface area contributed by atoms with E-state index >= 15 is 0 Å². The minimum Gasteiger partial charge on any atom is -0.322 e. The first-order valence-corrected chi connectivity index (χ1v) is 5.05. The summed E-state index contributed by atoms with van der Waals surface area (Å²) in [6.45, 7) is 2.53. The average Bonchev–Trinajstić information content (AvgIpc) is 2.52. The lowest BCUT2D eigenvalue weighted by atomic mass is 10.1. The third-order valence-electron chi connectivity index (χ3n) is 2.36. The number of anilines is 1. The Hall–Kier alpha value is -1.13. The van der Waals surface area contributed by atoms with Crippen LogP contribution in [0.2, 0.25) is 5.02 Å². The van der Waals surface area contributed by atoms with Gasteiger partial charge in [0, 0.05) is 5.56 Å². The number of nitrogens with one attached hydrogen (secondary N) is 2. The van der Waals surface area contributed by atoms with Gasteiger partial charge in [-0.25, -0.2) is 4.39 Å². The predicted octanol–water partition coefficient (Wildman–Crippen LogP) is 2.08. The Morgan fingerprint density at radius 3 is 3.00 bits per heavy atom. The number of carbonyl (C=O) groups excluding carboxylic acids is 1. The summed E-state index contributed by atoms with van der Waals surface area (Å²) in [6, 6.07) is 2.64. The van der Waals surface area contributed by atoms with Crippen LogP contribution in [0.4, 0.5) is 10.1 Å². The molecule has 2 rings (SSSR count). The Balaban J connectivity index is 2.47. The molecule has 1 aromatic rings. The van der Waals surface area contributed by atoms with Crippen LogP contribution in [0.15, 0.2) is 12.1 Å². The van der Waals surface area contributed by atoms with Crippen LogP contribution in [0, 0.1) is 5.82 Å². The molecular weight excluding hydrogens is 219 g/mol. The van der Waals surface area contributed by atoms with Crippen molar-refractivity contribution in [3.8, 4) is 0 Å². The molecule has 1 unspecified atom stereocenters. The largest absolute Gasteiger partial charge is 0.322 e. The van der Waals surface area contributed by atoms with Crippen molar-refractivity contribution in [1.29, 1.82) is 0 Å². The highest BCUT2D eigenvalue weighted by Crippen LogP contribution is 2.35. The number of amides is 1. The zero-order chi connectivity index (χ0) is 11.0. The topological polar surface area (TPSA) is 41.1 Å². The maximum absolute atomic E-state index is 13.5. The van der Waals surface area contributed by atoms with Gasteiger partial charge in [-0.1, -0.05) is 24.6 Å². The molecule has 0 bridgehead atoms. The molecule has 0 radical (unpaired) electrons. The number of fused-ring (bicyclic) bond motifs is 1. The SMILES string of the molecule is CCNC1C(=O)Nc2c1ccc(Cl)c2F. The number of benzene rings is 1. The molecule has 80 valence electrons. The molecule has 0 spiro atoms. The molecule has 5 heteroatoms. The third-order valence-corrected chi connectivity index (χ3v) is 2.65. The summed E-state index contributed by atoms with van der Waals surface area (Å²) in [6.07, 6.45) is 0. The van der Waals surface area contributed by atoms with E-state index < -0.39 is 11.9 Å². The highest BCUT2D eigenvalue weighted by atomic mass is 35.5. The molecule has 0 aliphatic carbocycles. The van der Waals surface area contributed by atoms with Crippen molar-refractivity contribution in [2.75, 3.05) is 11.9 Å². The van der Waals surface area contributed by atoms with Crippen LogP contribution in [-0.2, 0) is 4.79 Å². The second-order valence-corrected chi connectivity index (χ2v) is 3.71. The van der Waals surface area contributed by atoms with Gasteiger partial charge in [0.05, 0.1) is 10.7 Å². The standard InChI is InChI=1S/C10H10ClFN2O/c1-2-13-9-5-3-4-6(11)7(12)8(5)14-10(9)15/h3-4,9,13H,2H2,1H3,(H,14,15). The van der Waals surface area contributed by atoms with E-state index in [-0.39, 0.29) is 16.6 Å². The molecule has 1 heterocycles. The number of hydrogen-bond acceptors (Lipinski definition) is 2. The molecule has 15 heavy (non-hydrogen) atoms. The van der Waals surface area contributed by atoms with Crippen molar-refractivity contribution < 1.29 is 9.18 Å². The fourth-order valence-electron chi connectivity index (χ4n) is 1.68. The van der Waals surface area contributed by atoms with Gasteiger partial charge in [0.25, 0.3) is 0 Å². The van der Waals surface area contributed by atoms with E-state index in [9.17, 15) is 9.18 Å². The maximum Gasteiger partial charge on any atom is 0.246 e. The molecule has 1 amide bonds. The van der Waals surface area contributed by atoms with E-state index in [2.05, 4.69) is 10.6 Å². The fourth-order valence-corrected chi connectivity index (χ4v) is 1.83. The second-order valence-electron chi connectivity index (χ2n) is 3.31. The van der Waals surface area contributed by atoms with Crippen LogP contribution in [0.3, 0.4) is 0 Å². The number of carbonyl (C=O) groups is 1. The normalized spacial score (nSPS) is 18.9. The fraction of sp³-hybridized carbons (Fsp3) is 0.300. The molecule has 2 N–H and O–H groups in total. The van der Waals surface area contributed by atoms with E-state index in [0.717, 1.165) is 0 Å². The van der Waals surface area contributed by atoms with Gasteiger partial charge in [0.1, 0.15) is 6.04 Å². The maximum atomic E-state index is 13.5. The van der Waals surface area contributed by atoms with Crippen LogP contribution in [0.25, 0.3) is 0 Å². The molecule has 0 saturated carbocycles. The molecule has 0 aromatic heterocycles. The van der Waals surface area contributed by atoms with Crippen LogP contribution in [0.5, 0.6) is 0 Å². The van der Waals surface area contributed by atoms with E-state index in [1.54, 1.807) is 6.07 Å². The summed E-state index contributed by atoms with van der Waals surface area (Å²) in [7, 11) is 0. The number of rotatable bonds is 2. The van der Waals surface area contributed by atoms with Crippen LogP contribution in [-0.4, -0.2) is 12.5 Å². The van der Waals surface area contributed by atoms with Gasteiger partial charge in [-0.2, -0.15) is 0 Å². The van der Waals surface area contributed by atoms with Gasteiger partial charge in [0.15, 0.2) is 5.82 Å². The van der Waals surface area contributed by atoms with Gasteiger partial charge in [-0.05, 0) is 12.6 Å². The molecule has 0 fully saturated rings. The van der Waals surface area contributed by atoms with Crippen LogP contribution < -0.4 is 10.6 Å². The molecular formula is C10H10ClFN2O. The smallest absolute Gasteiger partial charge is 0.246 e. The molecule has 1 atom stereocenters. The predicted molar refractivity (Wildman–Crippen MR) is 56.5 cm³/mol. The summed E-state index contributed by atoms with van der Waals surface area (Å²) < 4.78 is 13.5. The molecule has 3 nitrogen and oxygen atoms in total. The van der Waals surface area contributed by atoms with Crippen LogP contribution >= 0.6 is 11.6 Å². The van der Waals surface area contributed by atoms with E-state index in [4.69, 9.17) is 11.6 Å². The summed E-state index contributed by atoms with van der Waals surface area (Å²) in [5.41, 5.74) is 0.808. The minimum absolute atomic E-state index is 0.0196. The first-order chi connectivity index (χ1) is 7.15. The summed E-state index contributed by atoms with van der Waals surface area (Å²) >= 11 is 5.62. The van der Waals surface area contributed by atoms with Crippen molar-refractivity contribution in [1.82, 2.24) is 5.32 Å². The van der Waals surface area contributed by atoms with Crippen LogP contribution in [0.1, 0.15) is 18.5 Å². The Kier molecular flexibility index (Phi) is 2.63. The number of likely N-dealkylation sites (N-methyl/N-ethyl adjacent to an activating group) is 1. The number of hydrogen-bond donors (Lipinski definition) is 2. The molecule has 1 aliphatic heterocycles. The van der Waals surface area contributed by atoms with E-state index in [1.807, 2.05) is 6.92 Å². The monoisotopic (exact) mass is 228 g/mol. The zero-order valence-electron chi connectivity index (χ0n) is 8.10. The highest BCUT2D eigenvalue weighted by molar-refractivity contribution is 6.31. The zero-order valence-corrected chi connectivity index (χ0v) is 8.86. The molecule has 1 aromatic carbocycles. The molecule has 0 saturated heterocycles. The number of halogens is 2. The lowest BCUT2D eigenvalue weighted by molar-refractivity contribution is -0.117. The summed E-state index contributed by atoms with van der Waals surface area (Å²) in [5, 5.41) is 5.48. The van der Waals surface area contributed by atoms with Gasteiger partial charge in [0.2, 0.25) is 5.91 Å².